The lowest BCUT2D eigenvalue weighted by Crippen LogP contribution is -2.24. The molecule has 0 atom stereocenters. The minimum atomic E-state index is -0.785. The predicted molar refractivity (Wildman–Crippen MR) is 137 cm³/mol. The number of para-hydroxylation sites is 1. The Morgan fingerprint density at radius 3 is 2.41 bits per heavy atom. The Labute approximate surface area is 213 Å². The molecule has 1 fully saturated rings. The zero-order valence-electron chi connectivity index (χ0n) is 21.0. The smallest absolute Gasteiger partial charge is 0.357 e. The number of nitrogens with one attached hydrogen (secondary N) is 2. The lowest BCUT2D eigenvalue weighted by atomic mass is 10.0. The van der Waals surface area contributed by atoms with Gasteiger partial charge >= 0.3 is 5.97 Å². The maximum atomic E-state index is 12.3. The molecule has 0 aliphatic heterocycles. The largest absolute Gasteiger partial charge is 0.494 e. The van der Waals surface area contributed by atoms with Gasteiger partial charge in [-0.1, -0.05) is 18.2 Å². The number of primary amides is 1. The van der Waals surface area contributed by atoms with Crippen LogP contribution >= 0.6 is 0 Å². The van der Waals surface area contributed by atoms with Crippen LogP contribution in [0.3, 0.4) is 0 Å². The molecule has 0 unspecified atom stereocenters. The van der Waals surface area contributed by atoms with Gasteiger partial charge in [0.05, 0.1) is 18.5 Å². The highest BCUT2D eigenvalue weighted by Gasteiger charge is 2.30. The Kier molecular flexibility index (Phi) is 7.05. The van der Waals surface area contributed by atoms with Crippen LogP contribution in [-0.4, -0.2) is 45.7 Å². The van der Waals surface area contributed by atoms with Gasteiger partial charge in [-0.3, -0.25) is 9.59 Å². The number of carbonyl (C=O) groups is 3. The molecule has 1 aliphatic carbocycles. The van der Waals surface area contributed by atoms with E-state index in [2.05, 4.69) is 25.8 Å². The van der Waals surface area contributed by atoms with Crippen molar-refractivity contribution in [2.45, 2.75) is 39.2 Å². The summed E-state index contributed by atoms with van der Waals surface area (Å²) in [5.74, 6) is -0.830. The molecule has 0 saturated heterocycles. The summed E-state index contributed by atoms with van der Waals surface area (Å²) in [4.78, 5) is 40.7. The fourth-order valence-electron chi connectivity index (χ4n) is 3.54. The van der Waals surface area contributed by atoms with Gasteiger partial charge in [-0.25, -0.2) is 9.78 Å². The third kappa shape index (κ3) is 6.18. The lowest BCUT2D eigenvalue weighted by Gasteiger charge is -2.19. The monoisotopic (exact) mass is 504 g/mol. The molecule has 0 bridgehead atoms. The first-order chi connectivity index (χ1) is 17.6. The second-order valence-corrected chi connectivity index (χ2v) is 9.57. The molecule has 37 heavy (non-hydrogen) atoms. The minimum Gasteiger partial charge on any atom is -0.494 e. The number of nitrogens with zero attached hydrogens (tertiary/aromatic N) is 3. The molecule has 11 nitrogen and oxygen atoms in total. The van der Waals surface area contributed by atoms with Crippen LogP contribution < -0.4 is 21.1 Å². The number of aromatic nitrogens is 3. The van der Waals surface area contributed by atoms with Gasteiger partial charge < -0.3 is 25.8 Å². The van der Waals surface area contributed by atoms with Crippen LogP contribution in [0.5, 0.6) is 5.75 Å². The highest BCUT2D eigenvalue weighted by Crippen LogP contribution is 2.38. The SMILES string of the molecule is COc1c(Nc2cc(NC(=O)C3CC3)nnc2C(N)=O)cccc1-c1ccc(C(=O)OC(C)(C)C)nc1. The molecule has 3 aromatic rings. The number of anilines is 3. The van der Waals surface area contributed by atoms with Gasteiger partial charge in [0.25, 0.3) is 5.91 Å². The number of nitrogens with two attached hydrogens (primary N) is 1. The first-order valence-corrected chi connectivity index (χ1v) is 11.7. The van der Waals surface area contributed by atoms with Crippen molar-refractivity contribution in [3.63, 3.8) is 0 Å². The van der Waals surface area contributed by atoms with E-state index in [1.807, 2.05) is 6.07 Å². The topological polar surface area (TPSA) is 158 Å². The second kappa shape index (κ2) is 10.2. The van der Waals surface area contributed by atoms with Gasteiger partial charge in [0.15, 0.2) is 11.5 Å². The van der Waals surface area contributed by atoms with E-state index in [1.165, 1.54) is 13.2 Å². The highest BCUT2D eigenvalue weighted by atomic mass is 16.6. The predicted octanol–water partition coefficient (Wildman–Crippen LogP) is 3.69. The van der Waals surface area contributed by atoms with E-state index in [-0.39, 0.29) is 34.7 Å². The Morgan fingerprint density at radius 2 is 1.81 bits per heavy atom. The van der Waals surface area contributed by atoms with Crippen molar-refractivity contribution in [1.82, 2.24) is 15.2 Å². The third-order valence-corrected chi connectivity index (χ3v) is 5.40. The number of carbonyl (C=O) groups excluding carboxylic acids is 3. The highest BCUT2D eigenvalue weighted by molar-refractivity contribution is 5.99. The lowest BCUT2D eigenvalue weighted by molar-refractivity contribution is -0.117. The number of pyridine rings is 1. The van der Waals surface area contributed by atoms with Crippen molar-refractivity contribution < 1.29 is 23.9 Å². The molecule has 4 N–H and O–H groups in total. The van der Waals surface area contributed by atoms with Crippen LogP contribution in [-0.2, 0) is 9.53 Å². The second-order valence-electron chi connectivity index (χ2n) is 9.57. The number of methoxy groups -OCH3 is 1. The number of amides is 2. The summed E-state index contributed by atoms with van der Waals surface area (Å²) in [6, 6.07) is 10.2. The zero-order valence-corrected chi connectivity index (χ0v) is 21.0. The molecule has 11 heteroatoms. The molecule has 1 aromatic carbocycles. The average molecular weight is 505 g/mol. The Bertz CT molecular complexity index is 1350. The molecule has 0 spiro atoms. The van der Waals surface area contributed by atoms with Crippen molar-refractivity contribution in [2.24, 2.45) is 11.7 Å². The summed E-state index contributed by atoms with van der Waals surface area (Å²) in [6.45, 7) is 5.36. The van der Waals surface area contributed by atoms with E-state index >= 15 is 0 Å². The van der Waals surface area contributed by atoms with E-state index in [0.29, 0.717) is 22.6 Å². The number of ether oxygens (including phenoxy) is 2. The Balaban J connectivity index is 1.64. The molecule has 0 radical (unpaired) electrons. The van der Waals surface area contributed by atoms with Crippen molar-refractivity contribution in [3.05, 3.63) is 54.0 Å². The number of rotatable bonds is 8. The standard InChI is InChI=1S/C26H28N6O5/c1-26(2,3)37-25(35)18-11-10-15(13-28-18)16-6-5-7-17(22(16)36-4)29-19-12-20(30-24(34)14-8-9-14)31-32-21(19)23(27)33/h5-7,10-14H,8-9H2,1-4H3,(H2,27,33)(H2,29,30,31,34). The van der Waals surface area contributed by atoms with E-state index in [4.69, 9.17) is 15.2 Å². The summed E-state index contributed by atoms with van der Waals surface area (Å²) in [6.07, 6.45) is 3.22. The van der Waals surface area contributed by atoms with E-state index in [9.17, 15) is 14.4 Å². The van der Waals surface area contributed by atoms with Crippen LogP contribution in [0.25, 0.3) is 11.1 Å². The molecule has 192 valence electrons. The van der Waals surface area contributed by atoms with E-state index in [1.54, 1.807) is 51.2 Å². The molecular formula is C26H28N6O5. The maximum Gasteiger partial charge on any atom is 0.357 e. The molecule has 1 aliphatic rings. The van der Waals surface area contributed by atoms with Crippen LogP contribution in [0.4, 0.5) is 17.2 Å². The van der Waals surface area contributed by atoms with E-state index in [0.717, 1.165) is 12.8 Å². The molecule has 2 aromatic heterocycles. The number of hydrogen-bond donors (Lipinski definition) is 3. The van der Waals surface area contributed by atoms with Crippen molar-refractivity contribution >= 4 is 35.0 Å². The third-order valence-electron chi connectivity index (χ3n) is 5.40. The summed E-state index contributed by atoms with van der Waals surface area (Å²) in [7, 11) is 1.51. The fourth-order valence-corrected chi connectivity index (χ4v) is 3.54. The van der Waals surface area contributed by atoms with Gasteiger partial charge in [0.1, 0.15) is 17.0 Å². The summed E-state index contributed by atoms with van der Waals surface area (Å²) in [5.41, 5.74) is 7.08. The van der Waals surface area contributed by atoms with Crippen LogP contribution in [0.1, 0.15) is 54.6 Å². The Hall–Kier alpha value is -4.54. The number of benzene rings is 1. The first-order valence-electron chi connectivity index (χ1n) is 11.7. The normalized spacial score (nSPS) is 13.0. The van der Waals surface area contributed by atoms with Crippen molar-refractivity contribution in [3.8, 4) is 16.9 Å². The first kappa shape index (κ1) is 25.5. The maximum absolute atomic E-state index is 12.3. The minimum absolute atomic E-state index is 0.0267. The van der Waals surface area contributed by atoms with Crippen molar-refractivity contribution in [2.75, 3.05) is 17.7 Å². The van der Waals surface area contributed by atoms with Gasteiger partial charge in [0, 0.05) is 29.3 Å². The molecule has 4 rings (SSSR count). The van der Waals surface area contributed by atoms with Gasteiger partial charge in [0.2, 0.25) is 5.91 Å². The molecule has 2 heterocycles. The van der Waals surface area contributed by atoms with Gasteiger partial charge in [-0.2, -0.15) is 0 Å². The number of hydrogen-bond acceptors (Lipinski definition) is 9. The van der Waals surface area contributed by atoms with Crippen LogP contribution in [0.2, 0.25) is 0 Å². The average Bonchev–Trinajstić information content (AvgIpc) is 3.69. The molecule has 1 saturated carbocycles. The van der Waals surface area contributed by atoms with Crippen LogP contribution in [0, 0.1) is 5.92 Å². The quantitative estimate of drug-likeness (QED) is 0.389. The number of esters is 1. The fraction of sp³-hybridized carbons (Fsp3) is 0.308. The van der Waals surface area contributed by atoms with Crippen molar-refractivity contribution in [1.29, 1.82) is 0 Å². The summed E-state index contributed by atoms with van der Waals surface area (Å²) in [5, 5.41) is 13.6. The molecular weight excluding hydrogens is 476 g/mol. The van der Waals surface area contributed by atoms with Gasteiger partial charge in [-0.15, -0.1) is 10.2 Å². The Morgan fingerprint density at radius 1 is 1.05 bits per heavy atom. The summed E-state index contributed by atoms with van der Waals surface area (Å²) >= 11 is 0. The van der Waals surface area contributed by atoms with Gasteiger partial charge in [-0.05, 0) is 45.7 Å². The molecule has 2 amide bonds. The van der Waals surface area contributed by atoms with E-state index < -0.39 is 17.5 Å². The van der Waals surface area contributed by atoms with Crippen LogP contribution in [0.15, 0.2) is 42.6 Å². The summed E-state index contributed by atoms with van der Waals surface area (Å²) < 4.78 is 11.0. The zero-order chi connectivity index (χ0) is 26.7.